The number of rotatable bonds is 9. The Morgan fingerprint density at radius 3 is 2.31 bits per heavy atom. The van der Waals surface area contributed by atoms with Crippen LogP contribution in [0.1, 0.15) is 34.0 Å². The maximum Gasteiger partial charge on any atom is 0.251 e. The average molecular weight is 391 g/mol. The highest BCUT2D eigenvalue weighted by Crippen LogP contribution is 2.14. The molecule has 29 heavy (non-hydrogen) atoms. The molecule has 3 aromatic carbocycles. The molecular weight excluding hydrogens is 365 g/mol. The van der Waals surface area contributed by atoms with Gasteiger partial charge in [-0.05, 0) is 66.3 Å². The number of benzene rings is 3. The molecule has 0 radical (unpaired) electrons. The van der Waals surface area contributed by atoms with Crippen LogP contribution >= 0.6 is 0 Å². The SMILES string of the molecule is CCc1ccc(OCCNC(=O)c2ccccc2CCc2ccc(F)cc2)cc1. The van der Waals surface area contributed by atoms with Crippen LogP contribution < -0.4 is 10.1 Å². The Morgan fingerprint density at radius 2 is 1.59 bits per heavy atom. The highest BCUT2D eigenvalue weighted by molar-refractivity contribution is 5.95. The Morgan fingerprint density at radius 1 is 0.897 bits per heavy atom. The molecule has 150 valence electrons. The molecule has 3 aromatic rings. The van der Waals surface area contributed by atoms with Crippen molar-refractivity contribution in [3.8, 4) is 5.75 Å². The molecule has 0 aliphatic rings. The Kier molecular flexibility index (Phi) is 7.40. The zero-order valence-corrected chi connectivity index (χ0v) is 16.7. The first kappa shape index (κ1) is 20.6. The van der Waals surface area contributed by atoms with Gasteiger partial charge < -0.3 is 10.1 Å². The number of ether oxygens (including phenoxy) is 1. The summed E-state index contributed by atoms with van der Waals surface area (Å²) < 4.78 is 18.7. The van der Waals surface area contributed by atoms with Crippen LogP contribution in [0.4, 0.5) is 4.39 Å². The lowest BCUT2D eigenvalue weighted by Crippen LogP contribution is -2.29. The number of nitrogens with one attached hydrogen (secondary N) is 1. The van der Waals surface area contributed by atoms with Gasteiger partial charge in [-0.15, -0.1) is 0 Å². The molecule has 0 saturated heterocycles. The van der Waals surface area contributed by atoms with Gasteiger partial charge in [-0.1, -0.05) is 49.4 Å². The van der Waals surface area contributed by atoms with Crippen molar-refractivity contribution in [3.63, 3.8) is 0 Å². The molecule has 1 amide bonds. The third kappa shape index (κ3) is 6.18. The summed E-state index contributed by atoms with van der Waals surface area (Å²) in [4.78, 5) is 12.6. The molecule has 0 atom stereocenters. The van der Waals surface area contributed by atoms with Crippen molar-refractivity contribution in [3.05, 3.63) is 101 Å². The summed E-state index contributed by atoms with van der Waals surface area (Å²) in [6.45, 7) is 2.96. The van der Waals surface area contributed by atoms with E-state index in [1.54, 1.807) is 12.1 Å². The normalized spacial score (nSPS) is 10.6. The zero-order valence-electron chi connectivity index (χ0n) is 16.7. The first-order valence-electron chi connectivity index (χ1n) is 9.98. The van der Waals surface area contributed by atoms with Crippen molar-refractivity contribution < 1.29 is 13.9 Å². The highest BCUT2D eigenvalue weighted by atomic mass is 19.1. The summed E-state index contributed by atoms with van der Waals surface area (Å²) in [7, 11) is 0. The molecule has 0 fully saturated rings. The van der Waals surface area contributed by atoms with Crippen molar-refractivity contribution in [1.29, 1.82) is 0 Å². The van der Waals surface area contributed by atoms with Gasteiger partial charge in [0.15, 0.2) is 0 Å². The third-order valence-corrected chi connectivity index (χ3v) is 4.85. The maximum absolute atomic E-state index is 13.0. The van der Waals surface area contributed by atoms with Crippen molar-refractivity contribution >= 4 is 5.91 Å². The van der Waals surface area contributed by atoms with Crippen molar-refractivity contribution in [2.45, 2.75) is 26.2 Å². The topological polar surface area (TPSA) is 38.3 Å². The first-order chi connectivity index (χ1) is 14.2. The lowest BCUT2D eigenvalue weighted by atomic mass is 9.99. The van der Waals surface area contributed by atoms with Crippen LogP contribution in [0, 0.1) is 5.82 Å². The molecule has 0 aromatic heterocycles. The lowest BCUT2D eigenvalue weighted by molar-refractivity contribution is 0.0946. The van der Waals surface area contributed by atoms with Crippen LogP contribution in [0.5, 0.6) is 5.75 Å². The fourth-order valence-corrected chi connectivity index (χ4v) is 3.14. The minimum atomic E-state index is -0.239. The van der Waals surface area contributed by atoms with Crippen LogP contribution in [-0.2, 0) is 19.3 Å². The number of aryl methyl sites for hydroxylation is 3. The fourth-order valence-electron chi connectivity index (χ4n) is 3.14. The molecule has 0 saturated carbocycles. The van der Waals surface area contributed by atoms with Gasteiger partial charge in [-0.25, -0.2) is 4.39 Å². The zero-order chi connectivity index (χ0) is 20.5. The average Bonchev–Trinajstić information content (AvgIpc) is 2.77. The van der Waals surface area contributed by atoms with Gasteiger partial charge in [0.05, 0.1) is 6.54 Å². The Labute approximate surface area is 171 Å². The largest absolute Gasteiger partial charge is 0.492 e. The van der Waals surface area contributed by atoms with E-state index in [1.165, 1.54) is 17.7 Å². The number of amides is 1. The Hall–Kier alpha value is -3.14. The van der Waals surface area contributed by atoms with E-state index in [9.17, 15) is 9.18 Å². The van der Waals surface area contributed by atoms with E-state index in [4.69, 9.17) is 4.74 Å². The van der Waals surface area contributed by atoms with Gasteiger partial charge in [0.2, 0.25) is 0 Å². The number of hydrogen-bond acceptors (Lipinski definition) is 2. The first-order valence-corrected chi connectivity index (χ1v) is 9.98. The second-order valence-electron chi connectivity index (χ2n) is 6.89. The van der Waals surface area contributed by atoms with Gasteiger partial charge in [0, 0.05) is 5.56 Å². The van der Waals surface area contributed by atoms with Crippen LogP contribution in [0.3, 0.4) is 0 Å². The molecule has 0 aliphatic carbocycles. The van der Waals surface area contributed by atoms with Gasteiger partial charge in [0.1, 0.15) is 18.2 Å². The molecule has 4 heteroatoms. The smallest absolute Gasteiger partial charge is 0.251 e. The lowest BCUT2D eigenvalue weighted by Gasteiger charge is -2.11. The summed E-state index contributed by atoms with van der Waals surface area (Å²) in [5, 5.41) is 2.92. The monoisotopic (exact) mass is 391 g/mol. The summed E-state index contributed by atoms with van der Waals surface area (Å²) in [5.41, 5.74) is 3.96. The maximum atomic E-state index is 13.0. The third-order valence-electron chi connectivity index (χ3n) is 4.85. The quantitative estimate of drug-likeness (QED) is 0.522. The van der Waals surface area contributed by atoms with Crippen molar-refractivity contribution in [2.75, 3.05) is 13.2 Å². The minimum absolute atomic E-state index is 0.107. The fraction of sp³-hybridized carbons (Fsp3) is 0.240. The summed E-state index contributed by atoms with van der Waals surface area (Å²) in [6, 6.07) is 22.1. The second-order valence-corrected chi connectivity index (χ2v) is 6.89. The van der Waals surface area contributed by atoms with E-state index in [2.05, 4.69) is 12.2 Å². The van der Waals surface area contributed by atoms with Crippen LogP contribution in [-0.4, -0.2) is 19.1 Å². The van der Waals surface area contributed by atoms with Crippen LogP contribution in [0.15, 0.2) is 72.8 Å². The molecule has 0 heterocycles. The summed E-state index contributed by atoms with van der Waals surface area (Å²) in [6.07, 6.45) is 2.47. The minimum Gasteiger partial charge on any atom is -0.492 e. The van der Waals surface area contributed by atoms with E-state index in [0.29, 0.717) is 18.7 Å². The van der Waals surface area contributed by atoms with Gasteiger partial charge in [0.25, 0.3) is 5.91 Å². The molecule has 3 nitrogen and oxygen atoms in total. The second kappa shape index (κ2) is 10.4. The van der Waals surface area contributed by atoms with Crippen LogP contribution in [0.25, 0.3) is 0 Å². The van der Waals surface area contributed by atoms with E-state index >= 15 is 0 Å². The molecule has 3 rings (SSSR count). The molecule has 0 unspecified atom stereocenters. The Bertz CT molecular complexity index is 920. The molecule has 0 aliphatic heterocycles. The summed E-state index contributed by atoms with van der Waals surface area (Å²) in [5.74, 6) is 0.456. The number of halogens is 1. The van der Waals surface area contributed by atoms with E-state index in [-0.39, 0.29) is 11.7 Å². The molecule has 1 N–H and O–H groups in total. The van der Waals surface area contributed by atoms with E-state index in [0.717, 1.165) is 36.1 Å². The predicted octanol–water partition coefficient (Wildman–Crippen LogP) is 4.98. The van der Waals surface area contributed by atoms with Gasteiger partial charge in [-0.2, -0.15) is 0 Å². The number of carbonyl (C=O) groups excluding carboxylic acids is 1. The predicted molar refractivity (Wildman–Crippen MR) is 114 cm³/mol. The van der Waals surface area contributed by atoms with Gasteiger partial charge in [-0.3, -0.25) is 4.79 Å². The standard InChI is InChI=1S/C25H26FNO2/c1-2-19-10-15-23(16-11-19)29-18-17-27-25(28)24-6-4-3-5-21(24)12-7-20-8-13-22(26)14-9-20/h3-6,8-11,13-16H,2,7,12,17-18H2,1H3,(H,27,28). The van der Waals surface area contributed by atoms with Gasteiger partial charge >= 0.3 is 0 Å². The highest BCUT2D eigenvalue weighted by Gasteiger charge is 2.10. The Balaban J connectivity index is 1.50. The van der Waals surface area contributed by atoms with Crippen molar-refractivity contribution in [2.24, 2.45) is 0 Å². The molecule has 0 spiro atoms. The molecular formula is C25H26FNO2. The summed E-state index contributed by atoms with van der Waals surface area (Å²) >= 11 is 0. The van der Waals surface area contributed by atoms with E-state index < -0.39 is 0 Å². The number of carbonyl (C=O) groups is 1. The van der Waals surface area contributed by atoms with Crippen molar-refractivity contribution in [1.82, 2.24) is 5.32 Å². The van der Waals surface area contributed by atoms with E-state index in [1.807, 2.05) is 48.5 Å². The van der Waals surface area contributed by atoms with Crippen LogP contribution in [0.2, 0.25) is 0 Å². The number of hydrogen-bond donors (Lipinski definition) is 1. The molecule has 0 bridgehead atoms.